The summed E-state index contributed by atoms with van der Waals surface area (Å²) in [6.07, 6.45) is 20.0. The number of hydrogen-bond acceptors (Lipinski definition) is 12. The Morgan fingerprint density at radius 1 is 0.422 bits per heavy atom. The van der Waals surface area contributed by atoms with E-state index >= 15 is 0 Å². The van der Waals surface area contributed by atoms with Gasteiger partial charge in [0.2, 0.25) is 5.91 Å². The Bertz CT molecular complexity index is 756. The Kier molecular flexibility index (Phi) is 26.9. The Balaban J connectivity index is 4.40. The van der Waals surface area contributed by atoms with Crippen LogP contribution in [0.2, 0.25) is 0 Å². The minimum absolute atomic E-state index is 0.0531. The molecule has 0 aliphatic heterocycles. The smallest absolute Gasteiger partial charge is 0.234 e. The summed E-state index contributed by atoms with van der Waals surface area (Å²) in [5, 5.41) is 46.8. The van der Waals surface area contributed by atoms with Crippen LogP contribution >= 0.6 is 0 Å². The summed E-state index contributed by atoms with van der Waals surface area (Å²) in [5.41, 5.74) is 0. The highest BCUT2D eigenvalue weighted by atomic mass is 16.4. The maximum absolute atomic E-state index is 12.6. The predicted octanol–water partition coefficient (Wildman–Crippen LogP) is -1.73. The molecular formula is C32H56N4O9-4. The number of carbonyl (C=O) groups is 5. The zero-order chi connectivity index (χ0) is 33.7. The van der Waals surface area contributed by atoms with Gasteiger partial charge in [0.05, 0.1) is 30.4 Å². The molecule has 0 spiro atoms. The van der Waals surface area contributed by atoms with E-state index in [2.05, 4.69) is 12.2 Å². The van der Waals surface area contributed by atoms with E-state index in [0.29, 0.717) is 6.54 Å². The second-order valence-electron chi connectivity index (χ2n) is 11.8. The molecule has 0 aliphatic rings. The first-order valence-electron chi connectivity index (χ1n) is 16.8. The standard InChI is InChI=1S/C32H60N4O9/c1-2-3-4-5-6-7-8-9-10-11-12-13-14-15-16-17-18-33-28(37)23-34(19-21-35(24-29(38)39)25-30(40)41)20-22-36(26-31(42)43)27-32(44)45/h2-27H2,1H3,(H,33,37)(H,38,39)(H,40,41)(H,42,43)(H,44,45)/p-4. The minimum atomic E-state index is -1.48. The highest BCUT2D eigenvalue weighted by Crippen LogP contribution is 2.13. The fourth-order valence-electron chi connectivity index (χ4n) is 5.15. The predicted molar refractivity (Wildman–Crippen MR) is 162 cm³/mol. The van der Waals surface area contributed by atoms with Crippen LogP contribution in [0.25, 0.3) is 0 Å². The van der Waals surface area contributed by atoms with Gasteiger partial charge in [0.25, 0.3) is 0 Å². The van der Waals surface area contributed by atoms with Gasteiger partial charge in [-0.15, -0.1) is 0 Å². The molecule has 0 aromatic rings. The molecule has 0 radical (unpaired) electrons. The molecule has 0 heterocycles. The SMILES string of the molecule is CCCCCCCCCCCCCCCCCCNC(=O)CN(CCN(CC(=O)[O-])CC(=O)[O-])CCN(CC(=O)[O-])CC(=O)[O-]. The maximum atomic E-state index is 12.6. The summed E-state index contributed by atoms with van der Waals surface area (Å²) in [6, 6.07) is 0. The lowest BCUT2D eigenvalue weighted by atomic mass is 10.0. The van der Waals surface area contributed by atoms with Crippen molar-refractivity contribution in [3.05, 3.63) is 0 Å². The van der Waals surface area contributed by atoms with Gasteiger partial charge in [-0.25, -0.2) is 0 Å². The molecule has 45 heavy (non-hydrogen) atoms. The molecule has 0 aliphatic carbocycles. The van der Waals surface area contributed by atoms with Crippen molar-refractivity contribution in [2.75, 3.05) is 65.4 Å². The topological polar surface area (TPSA) is 199 Å². The number of unbranched alkanes of at least 4 members (excludes halogenated alkanes) is 15. The maximum Gasteiger partial charge on any atom is 0.234 e. The summed E-state index contributed by atoms with van der Waals surface area (Å²) in [5.74, 6) is -6.22. The van der Waals surface area contributed by atoms with Crippen molar-refractivity contribution in [1.82, 2.24) is 20.0 Å². The van der Waals surface area contributed by atoms with E-state index in [-0.39, 0.29) is 38.6 Å². The second-order valence-corrected chi connectivity index (χ2v) is 11.8. The molecule has 13 heteroatoms. The van der Waals surface area contributed by atoms with Crippen molar-refractivity contribution < 1.29 is 44.4 Å². The Labute approximate surface area is 269 Å². The first-order valence-corrected chi connectivity index (χ1v) is 16.8. The average molecular weight is 641 g/mol. The number of carbonyl (C=O) groups excluding carboxylic acids is 5. The molecule has 13 nitrogen and oxygen atoms in total. The van der Waals surface area contributed by atoms with E-state index in [1.165, 1.54) is 83.5 Å². The van der Waals surface area contributed by atoms with Crippen LogP contribution in [0.1, 0.15) is 110 Å². The van der Waals surface area contributed by atoms with E-state index in [0.717, 1.165) is 29.1 Å². The Hall–Kier alpha value is -2.77. The Morgan fingerprint density at radius 3 is 1.02 bits per heavy atom. The molecule has 0 rings (SSSR count). The van der Waals surface area contributed by atoms with Crippen molar-refractivity contribution in [2.45, 2.75) is 110 Å². The molecule has 262 valence electrons. The van der Waals surface area contributed by atoms with Gasteiger partial charge in [0, 0.05) is 58.9 Å². The summed E-state index contributed by atoms with van der Waals surface area (Å²) in [6.45, 7) is -0.0549. The highest BCUT2D eigenvalue weighted by molar-refractivity contribution is 5.78. The van der Waals surface area contributed by atoms with Gasteiger partial charge < -0.3 is 44.9 Å². The average Bonchev–Trinajstić information content (AvgIpc) is 2.94. The van der Waals surface area contributed by atoms with Gasteiger partial charge in [-0.05, 0) is 6.42 Å². The molecule has 0 saturated carbocycles. The third-order valence-corrected chi connectivity index (χ3v) is 7.60. The van der Waals surface area contributed by atoms with Crippen molar-refractivity contribution in [1.29, 1.82) is 0 Å². The van der Waals surface area contributed by atoms with Crippen LogP contribution in [0.4, 0.5) is 0 Å². The van der Waals surface area contributed by atoms with Crippen LogP contribution in [-0.2, 0) is 24.0 Å². The zero-order valence-electron chi connectivity index (χ0n) is 27.4. The fourth-order valence-corrected chi connectivity index (χ4v) is 5.15. The summed E-state index contributed by atoms with van der Waals surface area (Å²) >= 11 is 0. The van der Waals surface area contributed by atoms with Gasteiger partial charge in [-0.1, -0.05) is 103 Å². The van der Waals surface area contributed by atoms with Crippen LogP contribution in [0.15, 0.2) is 0 Å². The number of carboxylic acid groups (broad SMARTS) is 4. The van der Waals surface area contributed by atoms with Crippen LogP contribution in [0.3, 0.4) is 0 Å². The molecule has 0 unspecified atom stereocenters. The lowest BCUT2D eigenvalue weighted by Gasteiger charge is -2.30. The molecular weight excluding hydrogens is 584 g/mol. The lowest BCUT2D eigenvalue weighted by Crippen LogP contribution is -2.50. The molecule has 1 N–H and O–H groups in total. The number of hydrogen-bond donors (Lipinski definition) is 1. The van der Waals surface area contributed by atoms with E-state index in [1.54, 1.807) is 4.90 Å². The number of nitrogens with one attached hydrogen (secondary N) is 1. The quantitative estimate of drug-likeness (QED) is 0.0796. The zero-order valence-corrected chi connectivity index (χ0v) is 27.4. The van der Waals surface area contributed by atoms with E-state index in [1.807, 2.05) is 0 Å². The summed E-state index contributed by atoms with van der Waals surface area (Å²) < 4.78 is 0. The third-order valence-electron chi connectivity index (χ3n) is 7.60. The normalized spacial score (nSPS) is 11.4. The highest BCUT2D eigenvalue weighted by Gasteiger charge is 2.16. The van der Waals surface area contributed by atoms with Crippen molar-refractivity contribution in [3.63, 3.8) is 0 Å². The second kappa shape index (κ2) is 28.7. The minimum Gasteiger partial charge on any atom is -0.549 e. The van der Waals surface area contributed by atoms with Crippen LogP contribution < -0.4 is 25.7 Å². The van der Waals surface area contributed by atoms with Crippen LogP contribution in [-0.4, -0.2) is 110 Å². The summed E-state index contributed by atoms with van der Waals surface area (Å²) in [7, 11) is 0. The summed E-state index contributed by atoms with van der Waals surface area (Å²) in [4.78, 5) is 60.3. The lowest BCUT2D eigenvalue weighted by molar-refractivity contribution is -0.312. The number of nitrogens with zero attached hydrogens (tertiary/aromatic N) is 3. The molecule has 0 bridgehead atoms. The molecule has 0 atom stereocenters. The van der Waals surface area contributed by atoms with Crippen LogP contribution in [0.5, 0.6) is 0 Å². The number of carboxylic acids is 4. The van der Waals surface area contributed by atoms with E-state index < -0.39 is 50.1 Å². The van der Waals surface area contributed by atoms with E-state index in [9.17, 15) is 44.4 Å². The van der Waals surface area contributed by atoms with Gasteiger partial charge in [-0.3, -0.25) is 19.5 Å². The third kappa shape index (κ3) is 29.7. The monoisotopic (exact) mass is 640 g/mol. The van der Waals surface area contributed by atoms with Gasteiger partial charge >= 0.3 is 0 Å². The molecule has 1 amide bonds. The van der Waals surface area contributed by atoms with Gasteiger partial charge in [0.15, 0.2) is 0 Å². The number of amides is 1. The van der Waals surface area contributed by atoms with E-state index in [4.69, 9.17) is 0 Å². The molecule has 0 aromatic carbocycles. The molecule has 0 fully saturated rings. The first-order chi connectivity index (χ1) is 21.5. The fraction of sp³-hybridized carbons (Fsp3) is 0.844. The Morgan fingerprint density at radius 2 is 0.711 bits per heavy atom. The van der Waals surface area contributed by atoms with Crippen molar-refractivity contribution in [2.24, 2.45) is 0 Å². The molecule has 0 aromatic heterocycles. The van der Waals surface area contributed by atoms with Crippen LogP contribution in [0, 0.1) is 0 Å². The van der Waals surface area contributed by atoms with Crippen molar-refractivity contribution in [3.8, 4) is 0 Å². The van der Waals surface area contributed by atoms with Gasteiger partial charge in [-0.2, -0.15) is 0 Å². The number of rotatable bonds is 33. The first kappa shape index (κ1) is 42.2. The van der Waals surface area contributed by atoms with Gasteiger partial charge in [0.1, 0.15) is 0 Å². The molecule has 0 saturated heterocycles. The van der Waals surface area contributed by atoms with Crippen molar-refractivity contribution >= 4 is 29.8 Å². The number of aliphatic carboxylic acids is 4. The largest absolute Gasteiger partial charge is 0.549 e.